The number of sulfone groups is 1. The van der Waals surface area contributed by atoms with Gasteiger partial charge in [0, 0.05) is 31.5 Å². The predicted octanol–water partition coefficient (Wildman–Crippen LogP) is 1.78. The van der Waals surface area contributed by atoms with E-state index in [1.54, 1.807) is 24.3 Å². The summed E-state index contributed by atoms with van der Waals surface area (Å²) in [6.45, 7) is 1.60. The molecule has 1 aliphatic rings. The number of carbonyl (C=O) groups is 1. The van der Waals surface area contributed by atoms with Gasteiger partial charge in [-0.2, -0.15) is 0 Å². The van der Waals surface area contributed by atoms with Crippen molar-refractivity contribution in [1.29, 1.82) is 0 Å². The number of benzene rings is 1. The zero-order chi connectivity index (χ0) is 14.8. The number of nitrogens with zero attached hydrogens (tertiary/aromatic N) is 1. The van der Waals surface area contributed by atoms with Crippen molar-refractivity contribution in [2.45, 2.75) is 24.2 Å². The van der Waals surface area contributed by atoms with Gasteiger partial charge in [0.1, 0.15) is 0 Å². The van der Waals surface area contributed by atoms with Gasteiger partial charge in [0.05, 0.1) is 4.90 Å². The number of hydrogen-bond acceptors (Lipinski definition) is 4. The molecule has 0 radical (unpaired) electrons. The van der Waals surface area contributed by atoms with Crippen molar-refractivity contribution < 1.29 is 18.3 Å². The highest BCUT2D eigenvalue weighted by molar-refractivity contribution is 7.90. The minimum Gasteiger partial charge on any atom is -0.481 e. The maximum Gasteiger partial charge on any atom is 0.303 e. The van der Waals surface area contributed by atoms with Crippen LogP contribution in [0.25, 0.3) is 0 Å². The summed E-state index contributed by atoms with van der Waals surface area (Å²) in [5.74, 6) is -0.597. The molecule has 1 N–H and O–H groups in total. The van der Waals surface area contributed by atoms with Crippen molar-refractivity contribution in [1.82, 2.24) is 0 Å². The molecule has 0 bridgehead atoms. The third-order valence-electron chi connectivity index (χ3n) is 3.61. The summed E-state index contributed by atoms with van der Waals surface area (Å²) in [5.41, 5.74) is 0.951. The lowest BCUT2D eigenvalue weighted by atomic mass is 9.94. The number of hydrogen-bond donors (Lipinski definition) is 1. The first kappa shape index (κ1) is 14.8. The first-order valence-corrected chi connectivity index (χ1v) is 8.52. The summed E-state index contributed by atoms with van der Waals surface area (Å²) in [6.07, 6.45) is 3.28. The monoisotopic (exact) mass is 297 g/mol. The zero-order valence-corrected chi connectivity index (χ0v) is 12.3. The topological polar surface area (TPSA) is 74.7 Å². The summed E-state index contributed by atoms with van der Waals surface area (Å²) < 4.78 is 22.8. The fourth-order valence-electron chi connectivity index (χ4n) is 2.62. The minimum atomic E-state index is -3.17. The molecule has 0 amide bonds. The van der Waals surface area contributed by atoms with Crippen LogP contribution in [0.2, 0.25) is 0 Å². The van der Waals surface area contributed by atoms with E-state index in [1.807, 2.05) is 0 Å². The van der Waals surface area contributed by atoms with Gasteiger partial charge in [-0.05, 0) is 43.0 Å². The number of rotatable bonds is 4. The molecule has 6 heteroatoms. The maximum absolute atomic E-state index is 11.4. The van der Waals surface area contributed by atoms with Gasteiger partial charge >= 0.3 is 5.97 Å². The van der Waals surface area contributed by atoms with E-state index in [-0.39, 0.29) is 12.3 Å². The smallest absolute Gasteiger partial charge is 0.303 e. The van der Waals surface area contributed by atoms with Gasteiger partial charge in [0.2, 0.25) is 0 Å². The van der Waals surface area contributed by atoms with Crippen LogP contribution >= 0.6 is 0 Å². The Morgan fingerprint density at radius 1 is 1.35 bits per heavy atom. The van der Waals surface area contributed by atoms with Gasteiger partial charge in [-0.25, -0.2) is 8.42 Å². The van der Waals surface area contributed by atoms with Crippen LogP contribution in [0.15, 0.2) is 29.2 Å². The van der Waals surface area contributed by atoms with Crippen LogP contribution in [0, 0.1) is 5.92 Å². The number of carboxylic acids is 1. The van der Waals surface area contributed by atoms with E-state index in [1.165, 1.54) is 6.26 Å². The summed E-state index contributed by atoms with van der Waals surface area (Å²) in [7, 11) is -3.17. The Bertz CT molecular complexity index is 580. The Kier molecular flexibility index (Phi) is 4.32. The molecule has 1 aliphatic heterocycles. The highest BCUT2D eigenvalue weighted by Gasteiger charge is 2.22. The van der Waals surface area contributed by atoms with E-state index in [9.17, 15) is 13.2 Å². The minimum absolute atomic E-state index is 0.163. The fraction of sp³-hybridized carbons (Fsp3) is 0.500. The second-order valence-electron chi connectivity index (χ2n) is 5.32. The highest BCUT2D eigenvalue weighted by atomic mass is 32.2. The lowest BCUT2D eigenvalue weighted by molar-refractivity contribution is -0.138. The largest absolute Gasteiger partial charge is 0.481 e. The van der Waals surface area contributed by atoms with Gasteiger partial charge < -0.3 is 10.0 Å². The average Bonchev–Trinajstić information content (AvgIpc) is 2.37. The third kappa shape index (κ3) is 3.72. The van der Waals surface area contributed by atoms with Gasteiger partial charge in [0.25, 0.3) is 0 Å². The Balaban J connectivity index is 2.09. The second kappa shape index (κ2) is 5.83. The van der Waals surface area contributed by atoms with Crippen molar-refractivity contribution in [3.05, 3.63) is 24.3 Å². The average molecular weight is 297 g/mol. The van der Waals surface area contributed by atoms with E-state index in [2.05, 4.69) is 4.90 Å². The van der Waals surface area contributed by atoms with Crippen molar-refractivity contribution in [3.63, 3.8) is 0 Å². The first-order chi connectivity index (χ1) is 9.36. The quantitative estimate of drug-likeness (QED) is 0.917. The second-order valence-corrected chi connectivity index (χ2v) is 7.33. The van der Waals surface area contributed by atoms with Crippen LogP contribution in [0.1, 0.15) is 19.3 Å². The molecule has 1 saturated heterocycles. The molecule has 0 aliphatic carbocycles. The normalized spacial score (nSPS) is 19.9. The molecule has 1 fully saturated rings. The van der Waals surface area contributed by atoms with E-state index in [0.717, 1.165) is 25.1 Å². The van der Waals surface area contributed by atoms with Crippen LogP contribution in [0.4, 0.5) is 5.69 Å². The van der Waals surface area contributed by atoms with Crippen molar-refractivity contribution in [2.75, 3.05) is 24.2 Å². The summed E-state index contributed by atoms with van der Waals surface area (Å²) >= 11 is 0. The lowest BCUT2D eigenvalue weighted by Crippen LogP contribution is -2.36. The van der Waals surface area contributed by atoms with E-state index in [0.29, 0.717) is 11.4 Å². The van der Waals surface area contributed by atoms with Crippen molar-refractivity contribution >= 4 is 21.5 Å². The van der Waals surface area contributed by atoms with E-state index < -0.39 is 15.8 Å². The number of carboxylic acid groups (broad SMARTS) is 1. The van der Waals surface area contributed by atoms with Gasteiger partial charge in [-0.3, -0.25) is 4.79 Å². The van der Waals surface area contributed by atoms with Gasteiger partial charge in [-0.15, -0.1) is 0 Å². The number of aliphatic carboxylic acids is 1. The van der Waals surface area contributed by atoms with E-state index in [4.69, 9.17) is 5.11 Å². The lowest BCUT2D eigenvalue weighted by Gasteiger charge is -2.33. The van der Waals surface area contributed by atoms with Gasteiger partial charge in [-0.1, -0.05) is 0 Å². The molecule has 0 spiro atoms. The molecule has 1 aromatic carbocycles. The van der Waals surface area contributed by atoms with Crippen LogP contribution < -0.4 is 4.90 Å². The van der Waals surface area contributed by atoms with Crippen LogP contribution in [0.5, 0.6) is 0 Å². The Hall–Kier alpha value is -1.56. The molecule has 0 saturated carbocycles. The van der Waals surface area contributed by atoms with E-state index >= 15 is 0 Å². The van der Waals surface area contributed by atoms with Crippen LogP contribution in [-0.2, 0) is 14.6 Å². The molecular formula is C14H19NO4S. The highest BCUT2D eigenvalue weighted by Crippen LogP contribution is 2.26. The van der Waals surface area contributed by atoms with Crippen molar-refractivity contribution in [3.8, 4) is 0 Å². The molecule has 1 aromatic rings. The number of piperidine rings is 1. The predicted molar refractivity (Wildman–Crippen MR) is 76.7 cm³/mol. The molecule has 1 heterocycles. The molecule has 110 valence electrons. The summed E-state index contributed by atoms with van der Waals surface area (Å²) in [6, 6.07) is 6.79. The molecule has 5 nitrogen and oxygen atoms in total. The molecule has 20 heavy (non-hydrogen) atoms. The molecule has 2 rings (SSSR count). The van der Waals surface area contributed by atoms with Crippen LogP contribution in [-0.4, -0.2) is 38.8 Å². The molecule has 1 unspecified atom stereocenters. The Morgan fingerprint density at radius 3 is 2.55 bits per heavy atom. The van der Waals surface area contributed by atoms with Crippen LogP contribution in [0.3, 0.4) is 0 Å². The maximum atomic E-state index is 11.4. The molecular weight excluding hydrogens is 278 g/mol. The fourth-order valence-corrected chi connectivity index (χ4v) is 3.25. The summed E-state index contributed by atoms with van der Waals surface area (Å²) in [4.78, 5) is 13.2. The standard InChI is InChI=1S/C14H19NO4S/c1-20(18,19)13-6-4-12(5-7-13)15-8-2-3-11(10-15)9-14(16)17/h4-7,11H,2-3,8-10H2,1H3,(H,16,17). The van der Waals surface area contributed by atoms with Crippen molar-refractivity contribution in [2.24, 2.45) is 5.92 Å². The number of anilines is 1. The van der Waals surface area contributed by atoms with Gasteiger partial charge in [0.15, 0.2) is 9.84 Å². The Morgan fingerprint density at radius 2 is 2.00 bits per heavy atom. The molecule has 0 aromatic heterocycles. The molecule has 1 atom stereocenters. The Labute approximate surface area is 119 Å². The SMILES string of the molecule is CS(=O)(=O)c1ccc(N2CCCC(CC(=O)O)C2)cc1. The zero-order valence-electron chi connectivity index (χ0n) is 11.4. The first-order valence-electron chi connectivity index (χ1n) is 6.63. The summed E-state index contributed by atoms with van der Waals surface area (Å²) in [5, 5.41) is 8.86. The third-order valence-corrected chi connectivity index (χ3v) is 4.74.